The van der Waals surface area contributed by atoms with Crippen LogP contribution in [-0.4, -0.2) is 35.6 Å². The number of aryl methyl sites for hydroxylation is 1. The first-order chi connectivity index (χ1) is 11.5. The summed E-state index contributed by atoms with van der Waals surface area (Å²) in [6.07, 6.45) is -0.253. The molecule has 0 aromatic heterocycles. The highest BCUT2D eigenvalue weighted by molar-refractivity contribution is 6.42. The van der Waals surface area contributed by atoms with Gasteiger partial charge in [-0.25, -0.2) is 0 Å². The number of aromatic hydroxyl groups is 1. The van der Waals surface area contributed by atoms with E-state index in [-0.39, 0.29) is 17.8 Å². The lowest BCUT2D eigenvalue weighted by Gasteiger charge is -2.33. The molecule has 126 valence electrons. The lowest BCUT2D eigenvalue weighted by molar-refractivity contribution is -0.0228. The van der Waals surface area contributed by atoms with E-state index < -0.39 is 0 Å². The Kier molecular flexibility index (Phi) is 4.99. The quantitative estimate of drug-likeness (QED) is 0.866. The molecular weight excluding hydrogens is 349 g/mol. The van der Waals surface area contributed by atoms with E-state index in [4.69, 9.17) is 27.9 Å². The Balaban J connectivity index is 1.78. The molecule has 0 aliphatic carbocycles. The van der Waals surface area contributed by atoms with Crippen molar-refractivity contribution >= 4 is 29.1 Å². The molecule has 4 nitrogen and oxygen atoms in total. The Morgan fingerprint density at radius 1 is 1.21 bits per heavy atom. The first-order valence-electron chi connectivity index (χ1n) is 7.61. The summed E-state index contributed by atoms with van der Waals surface area (Å²) in [6, 6.07) is 10.3. The molecule has 2 aromatic rings. The lowest BCUT2D eigenvalue weighted by atomic mass is 10.1. The second-order valence-corrected chi connectivity index (χ2v) is 6.60. The van der Waals surface area contributed by atoms with Crippen LogP contribution in [0.4, 0.5) is 0 Å². The monoisotopic (exact) mass is 365 g/mol. The maximum absolute atomic E-state index is 12.7. The number of halogens is 2. The molecular formula is C18H17Cl2NO3. The minimum Gasteiger partial charge on any atom is -0.508 e. The van der Waals surface area contributed by atoms with E-state index in [0.717, 1.165) is 11.1 Å². The van der Waals surface area contributed by atoms with Crippen LogP contribution in [0.15, 0.2) is 36.4 Å². The molecule has 1 N–H and O–H groups in total. The smallest absolute Gasteiger partial charge is 0.254 e. The molecule has 1 aliphatic rings. The van der Waals surface area contributed by atoms with E-state index in [9.17, 15) is 9.90 Å². The van der Waals surface area contributed by atoms with Crippen LogP contribution in [0.2, 0.25) is 10.0 Å². The van der Waals surface area contributed by atoms with Crippen molar-refractivity contribution in [2.45, 2.75) is 13.0 Å². The average Bonchev–Trinajstić information content (AvgIpc) is 2.59. The van der Waals surface area contributed by atoms with Crippen LogP contribution < -0.4 is 0 Å². The predicted molar refractivity (Wildman–Crippen MR) is 93.9 cm³/mol. The van der Waals surface area contributed by atoms with Crippen molar-refractivity contribution in [1.29, 1.82) is 0 Å². The Morgan fingerprint density at radius 2 is 2.00 bits per heavy atom. The number of amides is 1. The largest absolute Gasteiger partial charge is 0.508 e. The maximum atomic E-state index is 12.7. The van der Waals surface area contributed by atoms with E-state index >= 15 is 0 Å². The highest BCUT2D eigenvalue weighted by Crippen LogP contribution is 2.29. The molecule has 0 saturated carbocycles. The minimum absolute atomic E-state index is 0.121. The van der Waals surface area contributed by atoms with Crippen molar-refractivity contribution in [1.82, 2.24) is 4.90 Å². The number of phenols is 1. The second-order valence-electron chi connectivity index (χ2n) is 5.79. The van der Waals surface area contributed by atoms with Crippen molar-refractivity contribution in [3.05, 3.63) is 63.1 Å². The van der Waals surface area contributed by atoms with Gasteiger partial charge < -0.3 is 14.7 Å². The highest BCUT2D eigenvalue weighted by atomic mass is 35.5. The summed E-state index contributed by atoms with van der Waals surface area (Å²) in [4.78, 5) is 14.4. The molecule has 1 saturated heterocycles. The fraction of sp³-hybridized carbons (Fsp3) is 0.278. The Bertz CT molecular complexity index is 779. The number of nitrogens with zero attached hydrogens (tertiary/aromatic N) is 1. The molecule has 2 aromatic carbocycles. The molecule has 1 atom stereocenters. The summed E-state index contributed by atoms with van der Waals surface area (Å²) in [5, 5.41) is 10.8. The van der Waals surface area contributed by atoms with Gasteiger partial charge in [0.25, 0.3) is 5.91 Å². The SMILES string of the molecule is Cc1ccc(C(=O)N2CCOC(c3ccc(Cl)c(Cl)c3)C2)cc1O. The molecule has 1 heterocycles. The van der Waals surface area contributed by atoms with Gasteiger partial charge in [0.05, 0.1) is 23.2 Å². The number of rotatable bonds is 2. The fourth-order valence-corrected chi connectivity index (χ4v) is 2.98. The number of carbonyl (C=O) groups excluding carboxylic acids is 1. The van der Waals surface area contributed by atoms with Gasteiger partial charge in [-0.05, 0) is 42.3 Å². The normalized spacial score (nSPS) is 17.8. The second kappa shape index (κ2) is 7.01. The van der Waals surface area contributed by atoms with Crippen molar-refractivity contribution in [3.8, 4) is 5.75 Å². The number of ether oxygens (including phenoxy) is 1. The van der Waals surface area contributed by atoms with Crippen LogP contribution in [0.5, 0.6) is 5.75 Å². The molecule has 0 radical (unpaired) electrons. The molecule has 24 heavy (non-hydrogen) atoms. The van der Waals surface area contributed by atoms with Crippen molar-refractivity contribution in [3.63, 3.8) is 0 Å². The molecule has 1 aliphatic heterocycles. The molecule has 3 rings (SSSR count). The summed E-state index contributed by atoms with van der Waals surface area (Å²) >= 11 is 12.0. The molecule has 0 spiro atoms. The predicted octanol–water partition coefficient (Wildman–Crippen LogP) is 4.22. The molecule has 1 fully saturated rings. The van der Waals surface area contributed by atoms with Crippen molar-refractivity contribution < 1.29 is 14.6 Å². The summed E-state index contributed by atoms with van der Waals surface area (Å²) in [7, 11) is 0. The van der Waals surface area contributed by atoms with Crippen LogP contribution in [0.25, 0.3) is 0 Å². The number of hydrogen-bond donors (Lipinski definition) is 1. The fourth-order valence-electron chi connectivity index (χ4n) is 2.67. The van der Waals surface area contributed by atoms with Crippen molar-refractivity contribution in [2.24, 2.45) is 0 Å². The molecule has 6 heteroatoms. The van der Waals surface area contributed by atoms with Crippen LogP contribution in [0, 0.1) is 6.92 Å². The van der Waals surface area contributed by atoms with Gasteiger partial charge in [0, 0.05) is 12.1 Å². The number of carbonyl (C=O) groups is 1. The van der Waals surface area contributed by atoms with Gasteiger partial charge in [-0.3, -0.25) is 4.79 Å². The Hall–Kier alpha value is -1.75. The third-order valence-electron chi connectivity index (χ3n) is 4.13. The number of phenolic OH excluding ortho intramolecular Hbond substituents is 1. The number of morpholine rings is 1. The standard InChI is InChI=1S/C18H17Cl2NO3/c1-11-2-3-13(9-16(11)22)18(23)21-6-7-24-17(10-21)12-4-5-14(19)15(20)8-12/h2-5,8-9,17,22H,6-7,10H2,1H3. The topological polar surface area (TPSA) is 49.8 Å². The highest BCUT2D eigenvalue weighted by Gasteiger charge is 2.26. The Morgan fingerprint density at radius 3 is 2.71 bits per heavy atom. The van der Waals surface area contributed by atoms with Gasteiger partial charge in [-0.1, -0.05) is 35.3 Å². The van der Waals surface area contributed by atoms with Crippen LogP contribution >= 0.6 is 23.2 Å². The van der Waals surface area contributed by atoms with Gasteiger partial charge in [-0.2, -0.15) is 0 Å². The zero-order valence-electron chi connectivity index (χ0n) is 13.1. The van der Waals surface area contributed by atoms with Crippen LogP contribution in [0.3, 0.4) is 0 Å². The Labute approximate surface area is 150 Å². The van der Waals surface area contributed by atoms with Crippen LogP contribution in [0.1, 0.15) is 27.6 Å². The van der Waals surface area contributed by atoms with Gasteiger partial charge >= 0.3 is 0 Å². The van der Waals surface area contributed by atoms with Gasteiger partial charge in [0.2, 0.25) is 0 Å². The van der Waals surface area contributed by atoms with E-state index in [1.165, 1.54) is 6.07 Å². The zero-order chi connectivity index (χ0) is 17.3. The van der Waals surface area contributed by atoms with E-state index in [1.54, 1.807) is 36.1 Å². The van der Waals surface area contributed by atoms with Crippen molar-refractivity contribution in [2.75, 3.05) is 19.7 Å². The number of hydrogen-bond acceptors (Lipinski definition) is 3. The summed E-state index contributed by atoms with van der Waals surface area (Å²) in [5.74, 6) is -0.00574. The maximum Gasteiger partial charge on any atom is 0.254 e. The zero-order valence-corrected chi connectivity index (χ0v) is 14.6. The van der Waals surface area contributed by atoms with Gasteiger partial charge in [-0.15, -0.1) is 0 Å². The molecule has 1 amide bonds. The number of benzene rings is 2. The first kappa shape index (κ1) is 17.1. The summed E-state index contributed by atoms with van der Waals surface area (Å²) in [5.41, 5.74) is 2.09. The van der Waals surface area contributed by atoms with E-state index in [1.807, 2.05) is 6.07 Å². The van der Waals surface area contributed by atoms with Crippen LogP contribution in [-0.2, 0) is 4.74 Å². The van der Waals surface area contributed by atoms with Gasteiger partial charge in [0.15, 0.2) is 0 Å². The summed E-state index contributed by atoms with van der Waals surface area (Å²) < 4.78 is 5.77. The third-order valence-corrected chi connectivity index (χ3v) is 4.86. The average molecular weight is 366 g/mol. The van der Waals surface area contributed by atoms with E-state index in [0.29, 0.717) is 35.3 Å². The van der Waals surface area contributed by atoms with Gasteiger partial charge in [0.1, 0.15) is 11.9 Å². The molecule has 0 bridgehead atoms. The minimum atomic E-state index is -0.253. The lowest BCUT2D eigenvalue weighted by Crippen LogP contribution is -2.42. The third kappa shape index (κ3) is 3.51. The molecule has 1 unspecified atom stereocenters. The van der Waals surface area contributed by atoms with E-state index in [2.05, 4.69) is 0 Å². The first-order valence-corrected chi connectivity index (χ1v) is 8.37. The summed E-state index contributed by atoms with van der Waals surface area (Å²) in [6.45, 7) is 3.16.